The topological polar surface area (TPSA) is 9.72 Å². The average Bonchev–Trinajstić information content (AvgIpc) is 3.63. The van der Waals surface area contributed by atoms with E-state index in [-0.39, 0.29) is 23.0 Å². The Morgan fingerprint density at radius 3 is 1.08 bits per heavy atom. The third-order valence-corrected chi connectivity index (χ3v) is 21.6. The standard InChI is InChI=1S/C72H66BN3Si/c1-70(2,3)51-37-41-57(42-38-51)76-62-44-53(72(7,8)9)46-66-69(62)73-67-63(47-58(48-64(67)76)74(54-27-17-11-18-28-54)55-29-19-12-20-30-55)75(56-39-35-50(36-40-56)49-25-15-10-16-26-49)61-43-52(71(4,5)6)45-65(68(61)73)77(66,59-31-21-13-22-32-59)60-33-23-14-24-34-60/h10-48H,1-9H3. The molecule has 13 rings (SSSR count). The van der Waals surface area contributed by atoms with Crippen molar-refractivity contribution in [3.63, 3.8) is 0 Å². The van der Waals surface area contributed by atoms with Gasteiger partial charge in [0.25, 0.3) is 6.71 Å². The van der Waals surface area contributed by atoms with Crippen molar-refractivity contribution in [3.8, 4) is 11.1 Å². The van der Waals surface area contributed by atoms with Gasteiger partial charge in [0.2, 0.25) is 0 Å². The molecule has 3 aliphatic heterocycles. The summed E-state index contributed by atoms with van der Waals surface area (Å²) in [6.45, 7) is 21.3. The third-order valence-electron chi connectivity index (χ3n) is 16.7. The van der Waals surface area contributed by atoms with Gasteiger partial charge in [-0.3, -0.25) is 0 Å². The first-order valence-electron chi connectivity index (χ1n) is 27.5. The molecule has 0 fully saturated rings. The van der Waals surface area contributed by atoms with Crippen LogP contribution in [0.25, 0.3) is 11.1 Å². The maximum Gasteiger partial charge on any atom is 0.251 e. The average molecular weight is 1010 g/mol. The van der Waals surface area contributed by atoms with Gasteiger partial charge in [-0.2, -0.15) is 0 Å². The van der Waals surface area contributed by atoms with Crippen molar-refractivity contribution in [1.82, 2.24) is 0 Å². The van der Waals surface area contributed by atoms with Crippen LogP contribution in [0.4, 0.5) is 51.2 Å². The molecule has 0 saturated carbocycles. The zero-order valence-corrected chi connectivity index (χ0v) is 46.9. The fourth-order valence-corrected chi connectivity index (χ4v) is 18.2. The molecule has 0 amide bonds. The Bertz CT molecular complexity index is 3760. The molecule has 5 heteroatoms. The first-order chi connectivity index (χ1) is 37.1. The van der Waals surface area contributed by atoms with Crippen molar-refractivity contribution in [2.24, 2.45) is 0 Å². The number of rotatable bonds is 8. The van der Waals surface area contributed by atoms with Crippen molar-refractivity contribution < 1.29 is 0 Å². The molecule has 0 aromatic heterocycles. The number of benzene rings is 10. The summed E-state index contributed by atoms with van der Waals surface area (Å²) in [4.78, 5) is 7.78. The Balaban J connectivity index is 1.24. The molecule has 77 heavy (non-hydrogen) atoms. The van der Waals surface area contributed by atoms with Crippen LogP contribution in [0.3, 0.4) is 0 Å². The van der Waals surface area contributed by atoms with Crippen LogP contribution in [-0.2, 0) is 16.2 Å². The predicted octanol–water partition coefficient (Wildman–Crippen LogP) is 14.5. The van der Waals surface area contributed by atoms with Crippen LogP contribution < -0.4 is 51.8 Å². The Kier molecular flexibility index (Phi) is 11.3. The Morgan fingerprint density at radius 1 is 0.325 bits per heavy atom. The van der Waals surface area contributed by atoms with Gasteiger partial charge in [-0.05, 0) is 154 Å². The predicted molar refractivity (Wildman–Crippen MR) is 334 cm³/mol. The normalized spacial score (nSPS) is 14.1. The Labute approximate surface area is 458 Å². The van der Waals surface area contributed by atoms with Gasteiger partial charge in [0.15, 0.2) is 8.07 Å². The molecular formula is C72H66BN3Si. The van der Waals surface area contributed by atoms with Crippen molar-refractivity contribution in [2.45, 2.75) is 78.6 Å². The summed E-state index contributed by atoms with van der Waals surface area (Å²) in [5.74, 6) is 0. The Hall–Kier alpha value is -8.12. The summed E-state index contributed by atoms with van der Waals surface area (Å²) in [5.41, 5.74) is 20.7. The van der Waals surface area contributed by atoms with Crippen LogP contribution in [0.2, 0.25) is 0 Å². The summed E-state index contributed by atoms with van der Waals surface area (Å²) in [7, 11) is -3.20. The minimum absolute atomic E-state index is 0.0130. The second kappa shape index (κ2) is 18.0. The van der Waals surface area contributed by atoms with Gasteiger partial charge in [0, 0.05) is 45.5 Å². The van der Waals surface area contributed by atoms with Crippen molar-refractivity contribution >= 4 is 103 Å². The lowest BCUT2D eigenvalue weighted by atomic mass is 9.33. The van der Waals surface area contributed by atoms with E-state index in [2.05, 4.69) is 314 Å². The van der Waals surface area contributed by atoms with Crippen LogP contribution in [0.5, 0.6) is 0 Å². The van der Waals surface area contributed by atoms with E-state index >= 15 is 0 Å². The lowest BCUT2D eigenvalue weighted by Gasteiger charge is -2.52. The lowest BCUT2D eigenvalue weighted by molar-refractivity contribution is 0.590. The number of hydrogen-bond donors (Lipinski definition) is 0. The lowest BCUT2D eigenvalue weighted by Crippen LogP contribution is -2.88. The summed E-state index contributed by atoms with van der Waals surface area (Å²) in [5, 5.41) is 5.77. The smallest absolute Gasteiger partial charge is 0.251 e. The van der Waals surface area contributed by atoms with E-state index in [0.717, 1.165) is 28.4 Å². The summed E-state index contributed by atoms with van der Waals surface area (Å²) >= 11 is 0. The largest absolute Gasteiger partial charge is 0.311 e. The van der Waals surface area contributed by atoms with Crippen LogP contribution in [-0.4, -0.2) is 14.8 Å². The van der Waals surface area contributed by atoms with Gasteiger partial charge in [-0.25, -0.2) is 0 Å². The fourth-order valence-electron chi connectivity index (χ4n) is 12.8. The molecule has 0 bridgehead atoms. The van der Waals surface area contributed by atoms with E-state index in [0.29, 0.717) is 0 Å². The number of para-hydroxylation sites is 2. The molecule has 10 aromatic carbocycles. The molecule has 3 aliphatic rings. The summed E-state index contributed by atoms with van der Waals surface area (Å²) in [6, 6.07) is 90.4. The highest BCUT2D eigenvalue weighted by molar-refractivity contribution is 7.27. The second-order valence-corrected chi connectivity index (χ2v) is 28.3. The van der Waals surface area contributed by atoms with Crippen LogP contribution in [0, 0.1) is 0 Å². The maximum absolute atomic E-state index is 3.20. The van der Waals surface area contributed by atoms with E-state index in [1.807, 2.05) is 0 Å². The molecule has 0 spiro atoms. The van der Waals surface area contributed by atoms with E-state index in [9.17, 15) is 0 Å². The van der Waals surface area contributed by atoms with E-state index in [1.165, 1.54) is 87.7 Å². The molecular weight excluding hydrogens is 946 g/mol. The molecule has 3 heterocycles. The SMILES string of the molecule is CC(C)(C)c1ccc(N2c3cc(N(c4ccccc4)c4ccccc4)cc4c3B3c5c(cc(C(C)(C)C)cc5[Si](c5ccccc5)(c5ccccc5)c5cc(C(C)(C)C)cc2c53)N4c2ccc(-c3ccccc3)cc2)cc1. The third kappa shape index (κ3) is 7.84. The van der Waals surface area contributed by atoms with Gasteiger partial charge >= 0.3 is 0 Å². The highest BCUT2D eigenvalue weighted by Crippen LogP contribution is 2.50. The van der Waals surface area contributed by atoms with Gasteiger partial charge in [-0.1, -0.05) is 226 Å². The maximum atomic E-state index is 2.68. The van der Waals surface area contributed by atoms with Crippen LogP contribution >= 0.6 is 0 Å². The zero-order valence-electron chi connectivity index (χ0n) is 45.9. The quantitative estimate of drug-likeness (QED) is 0.140. The summed E-state index contributed by atoms with van der Waals surface area (Å²) in [6.07, 6.45) is 0. The summed E-state index contributed by atoms with van der Waals surface area (Å²) < 4.78 is 0. The van der Waals surface area contributed by atoms with Crippen molar-refractivity contribution in [3.05, 3.63) is 253 Å². The van der Waals surface area contributed by atoms with Gasteiger partial charge in [-0.15, -0.1) is 0 Å². The molecule has 0 N–H and O–H groups in total. The monoisotopic (exact) mass is 1010 g/mol. The Morgan fingerprint density at radius 2 is 0.675 bits per heavy atom. The molecule has 0 atom stereocenters. The number of hydrogen-bond acceptors (Lipinski definition) is 3. The number of anilines is 9. The molecule has 0 radical (unpaired) electrons. The number of nitrogens with zero attached hydrogens (tertiary/aromatic N) is 3. The molecule has 10 aromatic rings. The van der Waals surface area contributed by atoms with Crippen molar-refractivity contribution in [2.75, 3.05) is 14.7 Å². The highest BCUT2D eigenvalue weighted by atomic mass is 28.3. The molecule has 0 saturated heterocycles. The minimum Gasteiger partial charge on any atom is -0.311 e. The first-order valence-corrected chi connectivity index (χ1v) is 29.5. The van der Waals surface area contributed by atoms with Gasteiger partial charge in [0.05, 0.1) is 5.69 Å². The first kappa shape index (κ1) is 48.5. The second-order valence-electron chi connectivity index (χ2n) is 24.6. The van der Waals surface area contributed by atoms with E-state index < -0.39 is 8.07 Å². The molecule has 376 valence electrons. The molecule has 0 unspecified atom stereocenters. The zero-order chi connectivity index (χ0) is 53.0. The molecule has 0 aliphatic carbocycles. The van der Waals surface area contributed by atoms with Crippen LogP contribution in [0.15, 0.2) is 237 Å². The van der Waals surface area contributed by atoms with Crippen molar-refractivity contribution in [1.29, 1.82) is 0 Å². The van der Waals surface area contributed by atoms with E-state index in [1.54, 1.807) is 0 Å². The van der Waals surface area contributed by atoms with Gasteiger partial charge < -0.3 is 14.7 Å². The fraction of sp³-hybridized carbons (Fsp3) is 0.167. The van der Waals surface area contributed by atoms with Gasteiger partial charge in [0.1, 0.15) is 0 Å². The van der Waals surface area contributed by atoms with Crippen LogP contribution in [0.1, 0.15) is 79.0 Å². The minimum atomic E-state index is -3.20. The highest BCUT2D eigenvalue weighted by Gasteiger charge is 2.57. The molecule has 3 nitrogen and oxygen atoms in total. The van der Waals surface area contributed by atoms with E-state index in [4.69, 9.17) is 0 Å².